The van der Waals surface area contributed by atoms with Gasteiger partial charge in [0.05, 0.1) is 24.5 Å². The summed E-state index contributed by atoms with van der Waals surface area (Å²) in [6, 6.07) is 6.20. The molecule has 8 nitrogen and oxygen atoms in total. The predicted octanol–water partition coefficient (Wildman–Crippen LogP) is 0.524. The Morgan fingerprint density at radius 2 is 1.96 bits per heavy atom. The van der Waals surface area contributed by atoms with E-state index < -0.39 is 5.97 Å². The first kappa shape index (κ1) is 16.4. The molecule has 0 amide bonds. The molecule has 8 heteroatoms. The molecule has 2 N–H and O–H groups in total. The van der Waals surface area contributed by atoms with Crippen LogP contribution in [0.4, 0.5) is 0 Å². The number of hydrogen-bond acceptors (Lipinski definition) is 5. The average molecular weight is 332 g/mol. The smallest absolute Gasteiger partial charge is 0.347 e. The SMILES string of the molecule is O=C(O)c1ccc(-n2c(CCCN3CCOCC3)n[nH]c2=O)cc1. The highest BCUT2D eigenvalue weighted by atomic mass is 16.5. The van der Waals surface area contributed by atoms with Crippen molar-refractivity contribution in [3.05, 3.63) is 46.1 Å². The molecule has 1 saturated heterocycles. The van der Waals surface area contributed by atoms with Gasteiger partial charge in [0.15, 0.2) is 0 Å². The largest absolute Gasteiger partial charge is 0.478 e. The Labute approximate surface area is 138 Å². The first-order valence-electron chi connectivity index (χ1n) is 7.95. The molecule has 1 aliphatic heterocycles. The fourth-order valence-electron chi connectivity index (χ4n) is 2.80. The summed E-state index contributed by atoms with van der Waals surface area (Å²) < 4.78 is 6.82. The van der Waals surface area contributed by atoms with Crippen LogP contribution in [0.3, 0.4) is 0 Å². The Balaban J connectivity index is 1.69. The normalized spacial score (nSPS) is 15.5. The van der Waals surface area contributed by atoms with E-state index >= 15 is 0 Å². The van der Waals surface area contributed by atoms with Crippen LogP contribution in [-0.4, -0.2) is 63.6 Å². The first-order chi connectivity index (χ1) is 11.6. The number of rotatable bonds is 6. The van der Waals surface area contributed by atoms with E-state index in [1.165, 1.54) is 16.7 Å². The maximum absolute atomic E-state index is 12.0. The lowest BCUT2D eigenvalue weighted by Crippen LogP contribution is -2.37. The third-order valence-corrected chi connectivity index (χ3v) is 4.09. The molecule has 1 aliphatic rings. The second-order valence-electron chi connectivity index (χ2n) is 5.69. The van der Waals surface area contributed by atoms with Crippen molar-refractivity contribution in [2.75, 3.05) is 32.8 Å². The number of morpholine rings is 1. The minimum atomic E-state index is -0.994. The number of benzene rings is 1. The standard InChI is InChI=1S/C16H20N4O4/c21-15(22)12-3-5-13(6-4-12)20-14(17-18-16(20)23)2-1-7-19-8-10-24-11-9-19/h3-6H,1-2,7-11H2,(H,18,23)(H,21,22). The molecular weight excluding hydrogens is 312 g/mol. The van der Waals surface area contributed by atoms with Gasteiger partial charge in [-0.25, -0.2) is 19.3 Å². The summed E-state index contributed by atoms with van der Waals surface area (Å²) in [6.45, 7) is 4.34. The molecule has 1 aromatic heterocycles. The zero-order valence-corrected chi connectivity index (χ0v) is 13.3. The van der Waals surface area contributed by atoms with E-state index in [0.29, 0.717) is 17.9 Å². The van der Waals surface area contributed by atoms with Gasteiger partial charge in [-0.2, -0.15) is 5.10 Å². The van der Waals surface area contributed by atoms with Crippen molar-refractivity contribution in [2.45, 2.75) is 12.8 Å². The second kappa shape index (κ2) is 7.41. The first-order valence-corrected chi connectivity index (χ1v) is 7.95. The second-order valence-corrected chi connectivity index (χ2v) is 5.69. The number of ether oxygens (including phenoxy) is 1. The molecule has 0 unspecified atom stereocenters. The zero-order chi connectivity index (χ0) is 16.9. The van der Waals surface area contributed by atoms with E-state index in [0.717, 1.165) is 39.3 Å². The van der Waals surface area contributed by atoms with Crippen LogP contribution in [0.15, 0.2) is 29.1 Å². The lowest BCUT2D eigenvalue weighted by molar-refractivity contribution is 0.0374. The topological polar surface area (TPSA) is 100 Å². The van der Waals surface area contributed by atoms with Crippen LogP contribution >= 0.6 is 0 Å². The molecule has 0 spiro atoms. The molecular formula is C16H20N4O4. The van der Waals surface area contributed by atoms with Gasteiger partial charge in [0, 0.05) is 19.5 Å². The van der Waals surface area contributed by atoms with Crippen LogP contribution in [0.25, 0.3) is 5.69 Å². The van der Waals surface area contributed by atoms with Crippen LogP contribution in [0.5, 0.6) is 0 Å². The average Bonchev–Trinajstić information content (AvgIpc) is 2.96. The number of aromatic carboxylic acids is 1. The van der Waals surface area contributed by atoms with Gasteiger partial charge in [-0.3, -0.25) is 4.90 Å². The fraction of sp³-hybridized carbons (Fsp3) is 0.438. The molecule has 2 heterocycles. The number of H-pyrrole nitrogens is 1. The zero-order valence-electron chi connectivity index (χ0n) is 13.3. The minimum absolute atomic E-state index is 0.184. The Morgan fingerprint density at radius 1 is 1.25 bits per heavy atom. The van der Waals surface area contributed by atoms with Gasteiger partial charge < -0.3 is 9.84 Å². The molecule has 1 fully saturated rings. The van der Waals surface area contributed by atoms with E-state index in [9.17, 15) is 9.59 Å². The van der Waals surface area contributed by atoms with Crippen molar-refractivity contribution in [3.8, 4) is 5.69 Å². The highest BCUT2D eigenvalue weighted by Crippen LogP contribution is 2.11. The lowest BCUT2D eigenvalue weighted by Gasteiger charge is -2.26. The highest BCUT2D eigenvalue weighted by molar-refractivity contribution is 5.87. The van der Waals surface area contributed by atoms with Crippen LogP contribution in [0.1, 0.15) is 22.6 Å². The van der Waals surface area contributed by atoms with Crippen LogP contribution in [0.2, 0.25) is 0 Å². The summed E-state index contributed by atoms with van der Waals surface area (Å²) in [5.41, 5.74) is 0.476. The highest BCUT2D eigenvalue weighted by Gasteiger charge is 2.13. The molecule has 24 heavy (non-hydrogen) atoms. The van der Waals surface area contributed by atoms with Gasteiger partial charge in [0.1, 0.15) is 5.82 Å². The summed E-state index contributed by atoms with van der Waals surface area (Å²) in [4.78, 5) is 25.3. The summed E-state index contributed by atoms with van der Waals surface area (Å²) in [5.74, 6) is -0.344. The van der Waals surface area contributed by atoms with Crippen molar-refractivity contribution in [3.63, 3.8) is 0 Å². The number of nitrogens with zero attached hydrogens (tertiary/aromatic N) is 3. The summed E-state index contributed by atoms with van der Waals surface area (Å²) in [5, 5.41) is 15.5. The van der Waals surface area contributed by atoms with Crippen molar-refractivity contribution in [1.29, 1.82) is 0 Å². The molecule has 3 rings (SSSR count). The predicted molar refractivity (Wildman–Crippen MR) is 86.7 cm³/mol. The van der Waals surface area contributed by atoms with Crippen molar-refractivity contribution < 1.29 is 14.6 Å². The third-order valence-electron chi connectivity index (χ3n) is 4.09. The van der Waals surface area contributed by atoms with Crippen molar-refractivity contribution in [2.24, 2.45) is 0 Å². The Morgan fingerprint density at radius 3 is 2.62 bits per heavy atom. The van der Waals surface area contributed by atoms with E-state index in [2.05, 4.69) is 15.1 Å². The van der Waals surface area contributed by atoms with Gasteiger partial charge in [-0.15, -0.1) is 0 Å². The number of aryl methyl sites for hydroxylation is 1. The maximum Gasteiger partial charge on any atom is 0.347 e. The molecule has 128 valence electrons. The number of aromatic nitrogens is 3. The van der Waals surface area contributed by atoms with E-state index in [-0.39, 0.29) is 11.3 Å². The number of hydrogen-bond donors (Lipinski definition) is 2. The molecule has 0 radical (unpaired) electrons. The number of carboxylic acid groups (broad SMARTS) is 1. The van der Waals surface area contributed by atoms with Crippen molar-refractivity contribution >= 4 is 5.97 Å². The Kier molecular flexibility index (Phi) is 5.07. The quantitative estimate of drug-likeness (QED) is 0.800. The molecule has 0 saturated carbocycles. The van der Waals surface area contributed by atoms with Gasteiger partial charge in [0.25, 0.3) is 0 Å². The maximum atomic E-state index is 12.0. The van der Waals surface area contributed by atoms with Gasteiger partial charge in [-0.05, 0) is 37.2 Å². The summed E-state index contributed by atoms with van der Waals surface area (Å²) >= 11 is 0. The Bertz CT molecular complexity index is 744. The van der Waals surface area contributed by atoms with Gasteiger partial charge in [-0.1, -0.05) is 0 Å². The van der Waals surface area contributed by atoms with Gasteiger partial charge >= 0.3 is 11.7 Å². The van der Waals surface area contributed by atoms with Crippen LogP contribution in [0, 0.1) is 0 Å². The summed E-state index contributed by atoms with van der Waals surface area (Å²) in [7, 11) is 0. The Hall–Kier alpha value is -2.45. The van der Waals surface area contributed by atoms with E-state index in [1.54, 1.807) is 12.1 Å². The fourth-order valence-corrected chi connectivity index (χ4v) is 2.80. The molecule has 0 bridgehead atoms. The number of aromatic amines is 1. The summed E-state index contributed by atoms with van der Waals surface area (Å²) in [6.07, 6.45) is 1.55. The van der Waals surface area contributed by atoms with E-state index in [1.807, 2.05) is 0 Å². The minimum Gasteiger partial charge on any atom is -0.478 e. The number of carboxylic acids is 1. The number of carbonyl (C=O) groups is 1. The third kappa shape index (κ3) is 3.72. The van der Waals surface area contributed by atoms with Gasteiger partial charge in [0.2, 0.25) is 0 Å². The van der Waals surface area contributed by atoms with Crippen molar-refractivity contribution in [1.82, 2.24) is 19.7 Å². The molecule has 1 aromatic carbocycles. The van der Waals surface area contributed by atoms with E-state index in [4.69, 9.17) is 9.84 Å². The molecule has 0 atom stereocenters. The lowest BCUT2D eigenvalue weighted by atomic mass is 10.2. The molecule has 0 aliphatic carbocycles. The monoisotopic (exact) mass is 332 g/mol. The molecule has 2 aromatic rings. The van der Waals surface area contributed by atoms with Crippen LogP contribution in [-0.2, 0) is 11.2 Å². The van der Waals surface area contributed by atoms with Crippen LogP contribution < -0.4 is 5.69 Å². The number of nitrogens with one attached hydrogen (secondary N) is 1.